The molecule has 0 saturated carbocycles. The normalized spacial score (nSPS) is 13.6. The molecule has 0 bridgehead atoms. The van der Waals surface area contributed by atoms with Gasteiger partial charge in [-0.15, -0.1) is 0 Å². The van der Waals surface area contributed by atoms with Gasteiger partial charge in [-0.1, -0.05) is 17.7 Å². The van der Waals surface area contributed by atoms with E-state index in [1.54, 1.807) is 41.0 Å². The van der Waals surface area contributed by atoms with E-state index >= 15 is 0 Å². The molecule has 1 aliphatic heterocycles. The fraction of sp³-hybridized carbons (Fsp3) is 0.240. The number of rotatable bonds is 6. The fourth-order valence-electron chi connectivity index (χ4n) is 3.92. The summed E-state index contributed by atoms with van der Waals surface area (Å²) in [5, 5.41) is 7.73. The lowest BCUT2D eigenvalue weighted by atomic mass is 10.1. The lowest BCUT2D eigenvalue weighted by molar-refractivity contribution is -0.128. The van der Waals surface area contributed by atoms with E-state index in [1.807, 2.05) is 37.3 Å². The molecule has 0 unspecified atom stereocenters. The Kier molecular flexibility index (Phi) is 5.34. The highest BCUT2D eigenvalue weighted by atomic mass is 16.5. The van der Waals surface area contributed by atoms with Gasteiger partial charge in [0, 0.05) is 37.8 Å². The van der Waals surface area contributed by atoms with Gasteiger partial charge < -0.3 is 19.4 Å². The van der Waals surface area contributed by atoms with E-state index in [9.17, 15) is 9.59 Å². The van der Waals surface area contributed by atoms with Crippen LogP contribution >= 0.6 is 0 Å². The Bertz CT molecular complexity index is 1340. The fourth-order valence-corrected chi connectivity index (χ4v) is 3.92. The van der Waals surface area contributed by atoms with E-state index in [1.165, 1.54) is 0 Å². The second-order valence-corrected chi connectivity index (χ2v) is 8.26. The van der Waals surface area contributed by atoms with Crippen LogP contribution in [0.1, 0.15) is 34.5 Å². The molecule has 2 aromatic heterocycles. The standard InChI is InChI=1S/C25H24N4O4/c1-16-5-7-18(8-6-16)32-21-12-17(25(31)26-23-9-11-28(2)27-23)13-22-20(21)14-19(33-22)15-29-10-3-4-24(29)30/h5-9,11-14H,3-4,10,15H2,1-2H3,(H,26,27,31). The van der Waals surface area contributed by atoms with Crippen LogP contribution in [-0.2, 0) is 18.4 Å². The maximum atomic E-state index is 12.9. The molecule has 2 aromatic carbocycles. The molecule has 1 saturated heterocycles. The average Bonchev–Trinajstić information content (AvgIpc) is 3.50. The Labute approximate surface area is 190 Å². The van der Waals surface area contributed by atoms with Gasteiger partial charge in [0.25, 0.3) is 5.91 Å². The SMILES string of the molecule is Cc1ccc(Oc2cc(C(=O)Nc3ccn(C)n3)cc3oc(CN4CCCC4=O)cc23)cc1. The zero-order valence-corrected chi connectivity index (χ0v) is 18.5. The summed E-state index contributed by atoms with van der Waals surface area (Å²) in [6.07, 6.45) is 3.18. The molecule has 0 atom stereocenters. The largest absolute Gasteiger partial charge is 0.459 e. The topological polar surface area (TPSA) is 89.6 Å². The number of hydrogen-bond donors (Lipinski definition) is 1. The summed E-state index contributed by atoms with van der Waals surface area (Å²) < 4.78 is 13.8. The van der Waals surface area contributed by atoms with Crippen molar-refractivity contribution in [1.29, 1.82) is 0 Å². The average molecular weight is 444 g/mol. The van der Waals surface area contributed by atoms with Crippen LogP contribution in [0.15, 0.2) is 59.1 Å². The van der Waals surface area contributed by atoms with Crippen LogP contribution in [0.25, 0.3) is 11.0 Å². The number of amides is 2. The molecule has 1 aliphatic rings. The number of hydrogen-bond acceptors (Lipinski definition) is 5. The van der Waals surface area contributed by atoms with Gasteiger partial charge in [-0.25, -0.2) is 0 Å². The molecule has 1 fully saturated rings. The number of aromatic nitrogens is 2. The van der Waals surface area contributed by atoms with Crippen LogP contribution in [0.5, 0.6) is 11.5 Å². The molecule has 1 N–H and O–H groups in total. The number of carbonyl (C=O) groups is 2. The molecule has 168 valence electrons. The molecule has 3 heterocycles. The minimum Gasteiger partial charge on any atom is -0.459 e. The molecule has 2 amide bonds. The number of fused-ring (bicyclic) bond motifs is 1. The minimum atomic E-state index is -0.322. The predicted molar refractivity (Wildman–Crippen MR) is 123 cm³/mol. The lowest BCUT2D eigenvalue weighted by Gasteiger charge is -2.12. The Morgan fingerprint density at radius 3 is 2.70 bits per heavy atom. The van der Waals surface area contributed by atoms with E-state index in [4.69, 9.17) is 9.15 Å². The number of carbonyl (C=O) groups excluding carboxylic acids is 2. The summed E-state index contributed by atoms with van der Waals surface area (Å²) in [5.74, 6) is 2.07. The highest BCUT2D eigenvalue weighted by molar-refractivity contribution is 6.06. The third-order valence-electron chi connectivity index (χ3n) is 5.63. The molecule has 0 spiro atoms. The first-order chi connectivity index (χ1) is 15.9. The molecular formula is C25H24N4O4. The molecule has 0 radical (unpaired) electrons. The van der Waals surface area contributed by atoms with Crippen molar-refractivity contribution in [3.05, 3.63) is 71.6 Å². The van der Waals surface area contributed by atoms with E-state index in [2.05, 4.69) is 10.4 Å². The van der Waals surface area contributed by atoms with Gasteiger partial charge in [0.2, 0.25) is 5.91 Å². The van der Waals surface area contributed by atoms with Gasteiger partial charge in [0.1, 0.15) is 22.8 Å². The summed E-state index contributed by atoms with van der Waals surface area (Å²) in [7, 11) is 1.78. The monoisotopic (exact) mass is 444 g/mol. The quantitative estimate of drug-likeness (QED) is 0.468. The predicted octanol–water partition coefficient (Wildman–Crippen LogP) is 4.64. The highest BCUT2D eigenvalue weighted by Crippen LogP contribution is 2.35. The second kappa shape index (κ2) is 8.46. The molecule has 5 rings (SSSR count). The Hall–Kier alpha value is -4.07. The smallest absolute Gasteiger partial charge is 0.257 e. The maximum absolute atomic E-state index is 12.9. The highest BCUT2D eigenvalue weighted by Gasteiger charge is 2.23. The minimum absolute atomic E-state index is 0.127. The second-order valence-electron chi connectivity index (χ2n) is 8.26. The van der Waals surface area contributed by atoms with Crippen molar-refractivity contribution < 1.29 is 18.7 Å². The van der Waals surface area contributed by atoms with Crippen molar-refractivity contribution in [2.75, 3.05) is 11.9 Å². The van der Waals surface area contributed by atoms with Gasteiger partial charge in [-0.3, -0.25) is 14.3 Å². The molecular weight excluding hydrogens is 420 g/mol. The van der Waals surface area contributed by atoms with E-state index in [-0.39, 0.29) is 11.8 Å². The van der Waals surface area contributed by atoms with Gasteiger partial charge >= 0.3 is 0 Å². The van der Waals surface area contributed by atoms with Crippen molar-refractivity contribution in [1.82, 2.24) is 14.7 Å². The van der Waals surface area contributed by atoms with Crippen molar-refractivity contribution in [2.24, 2.45) is 7.05 Å². The summed E-state index contributed by atoms with van der Waals surface area (Å²) in [4.78, 5) is 26.8. The van der Waals surface area contributed by atoms with Crippen LogP contribution in [0.3, 0.4) is 0 Å². The van der Waals surface area contributed by atoms with E-state index in [0.29, 0.717) is 47.2 Å². The first kappa shape index (κ1) is 20.8. The van der Waals surface area contributed by atoms with Crippen LogP contribution in [0, 0.1) is 6.92 Å². The molecule has 8 heteroatoms. The van der Waals surface area contributed by atoms with Crippen molar-refractivity contribution in [3.8, 4) is 11.5 Å². The number of benzene rings is 2. The molecule has 4 aromatic rings. The zero-order valence-electron chi connectivity index (χ0n) is 18.5. The number of aryl methyl sites for hydroxylation is 2. The first-order valence-electron chi connectivity index (χ1n) is 10.8. The van der Waals surface area contributed by atoms with Gasteiger partial charge in [0.15, 0.2) is 5.82 Å². The molecule has 8 nitrogen and oxygen atoms in total. The summed E-state index contributed by atoms with van der Waals surface area (Å²) in [6.45, 7) is 3.12. The van der Waals surface area contributed by atoms with Crippen LogP contribution in [0.4, 0.5) is 5.82 Å². The third kappa shape index (κ3) is 4.45. The molecule has 33 heavy (non-hydrogen) atoms. The van der Waals surface area contributed by atoms with Crippen molar-refractivity contribution >= 4 is 28.6 Å². The Balaban J connectivity index is 1.50. The number of nitrogens with zero attached hydrogens (tertiary/aromatic N) is 3. The number of furan rings is 1. The van der Waals surface area contributed by atoms with E-state index in [0.717, 1.165) is 23.9 Å². The first-order valence-corrected chi connectivity index (χ1v) is 10.8. The summed E-state index contributed by atoms with van der Waals surface area (Å²) >= 11 is 0. The number of anilines is 1. The number of nitrogens with one attached hydrogen (secondary N) is 1. The van der Waals surface area contributed by atoms with Crippen molar-refractivity contribution in [2.45, 2.75) is 26.3 Å². The third-order valence-corrected chi connectivity index (χ3v) is 5.63. The number of ether oxygens (including phenoxy) is 1. The lowest BCUT2D eigenvalue weighted by Crippen LogP contribution is -2.23. The van der Waals surface area contributed by atoms with E-state index < -0.39 is 0 Å². The zero-order chi connectivity index (χ0) is 22.9. The maximum Gasteiger partial charge on any atom is 0.257 e. The Morgan fingerprint density at radius 1 is 1.18 bits per heavy atom. The van der Waals surface area contributed by atoms with Crippen LogP contribution in [-0.4, -0.2) is 33.0 Å². The van der Waals surface area contributed by atoms with Gasteiger partial charge in [-0.2, -0.15) is 5.10 Å². The summed E-state index contributed by atoms with van der Waals surface area (Å²) in [5.41, 5.74) is 2.03. The number of likely N-dealkylation sites (tertiary alicyclic amines) is 1. The van der Waals surface area contributed by atoms with Gasteiger partial charge in [0.05, 0.1) is 11.9 Å². The van der Waals surface area contributed by atoms with Crippen LogP contribution in [0.2, 0.25) is 0 Å². The van der Waals surface area contributed by atoms with Gasteiger partial charge in [-0.05, 0) is 43.7 Å². The Morgan fingerprint density at radius 2 is 2.00 bits per heavy atom. The molecule has 0 aliphatic carbocycles. The van der Waals surface area contributed by atoms with Crippen LogP contribution < -0.4 is 10.1 Å². The summed E-state index contributed by atoms with van der Waals surface area (Å²) in [6, 6.07) is 14.7. The van der Waals surface area contributed by atoms with Crippen molar-refractivity contribution in [3.63, 3.8) is 0 Å².